The third-order valence-corrected chi connectivity index (χ3v) is 30.3. The Balaban J connectivity index is 0.000000203. The van der Waals surface area contributed by atoms with Crippen molar-refractivity contribution < 1.29 is 95.0 Å². The summed E-state index contributed by atoms with van der Waals surface area (Å²) >= 11 is 13.4. The third-order valence-electron chi connectivity index (χ3n) is 29.9. The zero-order valence-corrected chi connectivity index (χ0v) is 74.1. The van der Waals surface area contributed by atoms with Crippen LogP contribution in [0.4, 0.5) is 0 Å². The molecule has 10 unspecified atom stereocenters. The number of esters is 2. The number of likely N-dealkylation sites (N-methyl/N-ethyl adjacent to an activating group) is 2. The second-order valence-corrected chi connectivity index (χ2v) is 37.4. The number of Topliss-reactive ketones (excluding diaryl/α,β-unsaturated/α-hetero) is 2. The number of halogens is 2. The molecule has 22 nitrogen and oxygen atoms in total. The summed E-state index contributed by atoms with van der Waals surface area (Å²) in [5.41, 5.74) is 3.80. The van der Waals surface area contributed by atoms with E-state index in [1.807, 2.05) is 59.0 Å². The molecule has 6 aliphatic carbocycles. The van der Waals surface area contributed by atoms with Crippen LogP contribution in [0.1, 0.15) is 207 Å². The number of ether oxygens (including phenoxy) is 16. The predicted molar refractivity (Wildman–Crippen MR) is 443 cm³/mol. The van der Waals surface area contributed by atoms with Crippen LogP contribution in [0.25, 0.3) is 0 Å². The van der Waals surface area contributed by atoms with Gasteiger partial charge in [0.05, 0.1) is 61.7 Å². The third kappa shape index (κ3) is 20.1. The standard InChI is InChI=1S/C47H70ClNO10.C46H68ClNO10/c1-10-31-15-12-16-39(59-41-18-17-38(49(5)6)26(3)55-41)25(2)43(51)37-23-35-33-22-32(58-47-46(54-9)45(53-8)44(52-7)27(4)56-47)20-29(33)21-34(28-13-11-14-30(48)19-28)42(35)36(37)24-40(50)57-31;1-9-30-14-11-15-38(58-40-17-16-37(48-5)25(3)54-40)24(2)42(50)36-22-34-32-21-31(57-46-45(53-8)44(52-7)43(51-6)26(4)55-46)19-28(32)20-33(27-12-10-13-29(47)18-27)41(34)35(36)23-39(49)56-30/h11,13-14,19,23,25-27,29,31-36,38-39,41-42,44-47H,10,12,15-18,20-22,24H2,1-9H3;10,12-13,18,22,24-26,28,30-35,37-38,40-41,43-46,48H,9,11,14-17,19-21,23H2,1-8H3/t25-,26?,27?,29+,31+,32-,33-,34?,35+,36-,38+,39+,41+,42?,44+,45?,46+,47+;24-,25?,26?,28+,30+,31-,32-,33?,34+,35-,37+,38+,40+,41?,43+,44?,45+,46+/m11/s1. The van der Waals surface area contributed by atoms with Crippen LogP contribution in [0.2, 0.25) is 10.0 Å². The minimum atomic E-state index is -0.626. The van der Waals surface area contributed by atoms with Crippen molar-refractivity contribution in [2.75, 3.05) is 63.8 Å². The number of hydrogen-bond donors (Lipinski definition) is 1. The van der Waals surface area contributed by atoms with Gasteiger partial charge in [0.15, 0.2) is 36.7 Å². The Morgan fingerprint density at radius 1 is 0.462 bits per heavy atom. The lowest BCUT2D eigenvalue weighted by molar-refractivity contribution is -0.314. The minimum absolute atomic E-state index is 0.00246. The SMILES string of the molecule is CC[C@H]1CCC[C@H](O[C@H]2CC[C@H](N(C)C)C(C)O2)[C@@H](C)C(=O)C2=C[C@@H]3C(C(c4cccc(Cl)c4)C[C@@H]4C[C@@H](O[C@@H]5OC(C)[C@H](OC)C(OC)[C@@H]5OC)C[C@H]43)[C@@H]2CC(=O)O1.CC[C@H]1CCC[C@H](O[C@H]2CC[C@H](NC)C(C)O2)[C@@H](C)C(=O)C2=C[C@@H]3C(C(c4cccc(Cl)c4)C[C@@H]4C[C@@H](O[C@@H]5OC(C)[C@H](OC)C(OC)[C@@H]5OC)C[C@H]43)[C@@H]2CC(=O)O1. The quantitative estimate of drug-likeness (QED) is 0.121. The minimum Gasteiger partial charge on any atom is -0.462 e. The van der Waals surface area contributed by atoms with Gasteiger partial charge in [0.1, 0.15) is 48.8 Å². The molecule has 6 heterocycles. The Labute approximate surface area is 706 Å². The van der Waals surface area contributed by atoms with Crippen molar-refractivity contribution in [3.8, 4) is 0 Å². The summed E-state index contributed by atoms with van der Waals surface area (Å²) < 4.78 is 101. The normalized spacial score (nSPS) is 43.4. The van der Waals surface area contributed by atoms with Crippen molar-refractivity contribution in [2.24, 2.45) is 71.0 Å². The molecule has 117 heavy (non-hydrogen) atoms. The molecule has 12 aliphatic rings. The van der Waals surface area contributed by atoms with Gasteiger partial charge >= 0.3 is 11.9 Å². The first-order valence-corrected chi connectivity index (χ1v) is 45.2. The Hall–Kier alpha value is -3.86. The number of rotatable bonds is 20. The average Bonchev–Trinajstić information content (AvgIpc) is 1.58. The molecule has 2 aromatic rings. The number of allylic oxidation sites excluding steroid dienone is 4. The van der Waals surface area contributed by atoms with Crippen LogP contribution in [0, 0.1) is 71.0 Å². The van der Waals surface area contributed by atoms with Crippen LogP contribution in [0.5, 0.6) is 0 Å². The van der Waals surface area contributed by atoms with Gasteiger partial charge in [-0.25, -0.2) is 0 Å². The highest BCUT2D eigenvalue weighted by atomic mass is 35.5. The summed E-state index contributed by atoms with van der Waals surface area (Å²) in [6.45, 7) is 16.3. The van der Waals surface area contributed by atoms with E-state index >= 15 is 9.59 Å². The lowest BCUT2D eigenvalue weighted by atomic mass is 9.59. The van der Waals surface area contributed by atoms with Crippen LogP contribution >= 0.6 is 23.2 Å². The number of hydrogen-bond acceptors (Lipinski definition) is 22. The first kappa shape index (κ1) is 90.9. The van der Waals surface area contributed by atoms with Gasteiger partial charge in [-0.2, -0.15) is 0 Å². The van der Waals surface area contributed by atoms with Gasteiger partial charge in [-0.3, -0.25) is 19.2 Å². The summed E-state index contributed by atoms with van der Waals surface area (Å²) in [6.07, 6.45) is 13.4. The number of cyclic esters (lactones) is 2. The highest BCUT2D eigenvalue weighted by molar-refractivity contribution is 6.31. The van der Waals surface area contributed by atoms with Crippen LogP contribution in [0.15, 0.2) is 71.8 Å². The fourth-order valence-corrected chi connectivity index (χ4v) is 24.4. The van der Waals surface area contributed by atoms with E-state index in [0.717, 1.165) is 125 Å². The molecule has 0 bridgehead atoms. The Morgan fingerprint density at radius 3 is 1.26 bits per heavy atom. The van der Waals surface area contributed by atoms with Crippen LogP contribution < -0.4 is 5.32 Å². The van der Waals surface area contributed by atoms with E-state index in [1.54, 1.807) is 42.7 Å². The summed E-state index contributed by atoms with van der Waals surface area (Å²) in [6, 6.07) is 16.9. The number of nitrogens with zero attached hydrogens (tertiary/aromatic N) is 1. The van der Waals surface area contributed by atoms with E-state index in [1.165, 1.54) is 0 Å². The molecule has 1 N–H and O–H groups in total. The number of ketones is 2. The second kappa shape index (κ2) is 40.9. The number of benzene rings is 2. The number of fused-ring (bicyclic) bond motifs is 10. The fraction of sp³-hybridized carbons (Fsp3) is 0.785. The highest BCUT2D eigenvalue weighted by Crippen LogP contribution is 2.64. The molecule has 0 radical (unpaired) electrons. The molecule has 654 valence electrons. The van der Waals surface area contributed by atoms with Crippen LogP contribution in [-0.2, 0) is 95.0 Å². The number of carbonyl (C=O) groups excluding carboxylic acids is 4. The van der Waals surface area contributed by atoms with E-state index in [4.69, 9.17) is 99.0 Å². The maximum Gasteiger partial charge on any atom is 0.306 e. The number of nitrogens with one attached hydrogen (secondary N) is 1. The van der Waals surface area contributed by atoms with Crippen molar-refractivity contribution in [3.63, 3.8) is 0 Å². The van der Waals surface area contributed by atoms with Gasteiger partial charge in [0.2, 0.25) is 0 Å². The number of methoxy groups -OCH3 is 6. The number of carbonyl (C=O) groups is 4. The van der Waals surface area contributed by atoms with E-state index in [9.17, 15) is 9.59 Å². The zero-order valence-electron chi connectivity index (χ0n) is 72.6. The van der Waals surface area contributed by atoms with E-state index in [0.29, 0.717) is 40.8 Å². The van der Waals surface area contributed by atoms with E-state index < -0.39 is 36.6 Å². The van der Waals surface area contributed by atoms with Crippen molar-refractivity contribution in [1.29, 1.82) is 0 Å². The van der Waals surface area contributed by atoms with Crippen molar-refractivity contribution in [1.82, 2.24) is 10.2 Å². The summed E-state index contributed by atoms with van der Waals surface area (Å²) in [4.78, 5) is 60.4. The molecular formula is C93H138Cl2N2O20. The van der Waals surface area contributed by atoms with Crippen LogP contribution in [-0.4, -0.2) is 227 Å². The lowest BCUT2D eigenvalue weighted by Gasteiger charge is -2.44. The van der Waals surface area contributed by atoms with E-state index in [-0.39, 0.29) is 200 Å². The monoisotopic (exact) mass is 1670 g/mol. The molecule has 6 aliphatic heterocycles. The molecule has 6 saturated heterocycles. The largest absolute Gasteiger partial charge is 0.462 e. The molecule has 36 atom stereocenters. The predicted octanol–water partition coefficient (Wildman–Crippen LogP) is 15.2. The molecule has 14 rings (SSSR count). The summed E-state index contributed by atoms with van der Waals surface area (Å²) in [5.74, 6) is -0.282. The topological polar surface area (TPSA) is 231 Å². The Kier molecular flexibility index (Phi) is 31.7. The van der Waals surface area contributed by atoms with Crippen molar-refractivity contribution in [3.05, 3.63) is 93.0 Å². The molecule has 2 aromatic carbocycles. The second-order valence-electron chi connectivity index (χ2n) is 36.6. The summed E-state index contributed by atoms with van der Waals surface area (Å²) in [7, 11) is 16.1. The molecule has 24 heteroatoms. The van der Waals surface area contributed by atoms with Gasteiger partial charge in [-0.15, -0.1) is 0 Å². The summed E-state index contributed by atoms with van der Waals surface area (Å²) in [5, 5.41) is 4.72. The van der Waals surface area contributed by atoms with Gasteiger partial charge in [-0.1, -0.05) is 87.3 Å². The van der Waals surface area contributed by atoms with E-state index in [2.05, 4.69) is 88.4 Å². The molecule has 0 spiro atoms. The zero-order chi connectivity index (χ0) is 83.4. The van der Waals surface area contributed by atoms with Crippen molar-refractivity contribution in [2.45, 2.75) is 331 Å². The van der Waals surface area contributed by atoms with Gasteiger partial charge in [-0.05, 0) is 270 Å². The molecule has 4 saturated carbocycles. The first-order valence-electron chi connectivity index (χ1n) is 44.5. The Bertz CT molecular complexity index is 3680. The van der Waals surface area contributed by atoms with Gasteiger partial charge in [0, 0.05) is 88.5 Å². The molecule has 0 aromatic heterocycles. The smallest absolute Gasteiger partial charge is 0.306 e. The highest BCUT2D eigenvalue weighted by Gasteiger charge is 2.60. The average molecular weight is 1680 g/mol. The molecule has 10 fully saturated rings. The maximum absolute atomic E-state index is 15.2. The van der Waals surface area contributed by atoms with Gasteiger partial charge in [0.25, 0.3) is 0 Å². The Morgan fingerprint density at radius 2 is 0.880 bits per heavy atom. The lowest BCUT2D eigenvalue weighted by Crippen LogP contribution is -2.59. The molecular weight excluding hydrogens is 1540 g/mol. The van der Waals surface area contributed by atoms with Crippen molar-refractivity contribution >= 4 is 46.7 Å². The fourth-order valence-electron chi connectivity index (χ4n) is 24.0. The maximum atomic E-state index is 15.2. The van der Waals surface area contributed by atoms with Gasteiger partial charge < -0.3 is 86.0 Å². The molecule has 0 amide bonds. The first-order chi connectivity index (χ1) is 56.3. The van der Waals surface area contributed by atoms with Crippen LogP contribution in [0.3, 0.4) is 0 Å².